The van der Waals surface area contributed by atoms with E-state index < -0.39 is 5.97 Å². The van der Waals surface area contributed by atoms with Crippen LogP contribution in [0.15, 0.2) is 23.3 Å². The van der Waals surface area contributed by atoms with Crippen LogP contribution in [0.5, 0.6) is 0 Å². The second kappa shape index (κ2) is 12.4. The fraction of sp³-hybridized carbons (Fsp3) is 0.846. The van der Waals surface area contributed by atoms with E-state index in [2.05, 4.69) is 57.1 Å². The summed E-state index contributed by atoms with van der Waals surface area (Å²) in [5.74, 6) is 2.88. The number of aliphatic carboxylic acids is 1. The number of nitrogens with zero attached hydrogens (tertiary/aromatic N) is 2. The highest BCUT2D eigenvalue weighted by Crippen LogP contribution is 2.75. The van der Waals surface area contributed by atoms with Crippen LogP contribution in [0.2, 0.25) is 0 Å². The Morgan fingerprint density at radius 1 is 0.933 bits per heavy atom. The van der Waals surface area contributed by atoms with E-state index in [4.69, 9.17) is 0 Å². The van der Waals surface area contributed by atoms with Crippen molar-refractivity contribution in [3.63, 3.8) is 0 Å². The van der Waals surface area contributed by atoms with Gasteiger partial charge in [-0.3, -0.25) is 9.59 Å². The predicted molar refractivity (Wildman–Crippen MR) is 182 cm³/mol. The second-order valence-corrected chi connectivity index (χ2v) is 17.4. The molecule has 6 nitrogen and oxygen atoms in total. The average Bonchev–Trinajstić information content (AvgIpc) is 3.44. The van der Waals surface area contributed by atoms with Crippen LogP contribution in [0.3, 0.4) is 0 Å². The van der Waals surface area contributed by atoms with E-state index in [-0.39, 0.29) is 5.92 Å². The standard InChI is InChI=1S/C39H63N3O3/c1-27-30(28-9-11-29(12-10-28)35(44)45)15-18-36(2)31(27)16-19-38(4)34(36)14-13-32-33-8-7-17-39(33,21-20-37(32,38)3)40-22-23-41(5)24-25-42(6)26-43/h9,15,26-27,29,31-34,40H,7-8,10-14,16-25H2,1-6H3,(H,44,45)/t27?,29?,31?,32?,33?,34?,36-,37+,38+,39-/m0/s1. The van der Waals surface area contributed by atoms with Crippen molar-refractivity contribution in [1.82, 2.24) is 15.1 Å². The van der Waals surface area contributed by atoms with Crippen LogP contribution in [0.4, 0.5) is 0 Å². The Bertz CT molecular complexity index is 1200. The van der Waals surface area contributed by atoms with Gasteiger partial charge in [0, 0.05) is 38.8 Å². The highest BCUT2D eigenvalue weighted by molar-refractivity contribution is 5.70. The van der Waals surface area contributed by atoms with E-state index in [1.54, 1.807) is 10.5 Å². The van der Waals surface area contributed by atoms with Crippen molar-refractivity contribution < 1.29 is 14.7 Å². The molecule has 6 unspecified atom stereocenters. The molecule has 0 aromatic rings. The third-order valence-electron chi connectivity index (χ3n) is 15.7. The quantitative estimate of drug-likeness (QED) is 0.253. The van der Waals surface area contributed by atoms with Gasteiger partial charge in [-0.05, 0) is 141 Å². The highest BCUT2D eigenvalue weighted by Gasteiger charge is 2.68. The topological polar surface area (TPSA) is 72.9 Å². The van der Waals surface area contributed by atoms with E-state index in [0.717, 1.165) is 69.1 Å². The first kappa shape index (κ1) is 33.2. The monoisotopic (exact) mass is 621 g/mol. The minimum Gasteiger partial charge on any atom is -0.481 e. The fourth-order valence-electron chi connectivity index (χ4n) is 12.8. The number of allylic oxidation sites excluding steroid dienone is 4. The first-order valence-electron chi connectivity index (χ1n) is 18.6. The molecule has 6 aliphatic rings. The van der Waals surface area contributed by atoms with E-state index in [1.807, 2.05) is 7.05 Å². The summed E-state index contributed by atoms with van der Waals surface area (Å²) in [7, 11) is 4.05. The van der Waals surface area contributed by atoms with Gasteiger partial charge in [-0.25, -0.2) is 0 Å². The van der Waals surface area contributed by atoms with Crippen LogP contribution >= 0.6 is 0 Å². The number of hydrogen-bond donors (Lipinski definition) is 2. The van der Waals surface area contributed by atoms with Crippen LogP contribution in [0.1, 0.15) is 111 Å². The first-order chi connectivity index (χ1) is 21.4. The Kier molecular flexibility index (Phi) is 9.17. The summed E-state index contributed by atoms with van der Waals surface area (Å²) >= 11 is 0. The minimum absolute atomic E-state index is 0.197. The van der Waals surface area contributed by atoms with Crippen LogP contribution < -0.4 is 5.32 Å². The van der Waals surface area contributed by atoms with Crippen LogP contribution in [-0.2, 0) is 9.59 Å². The lowest BCUT2D eigenvalue weighted by Gasteiger charge is -2.71. The van der Waals surface area contributed by atoms with Gasteiger partial charge in [0.1, 0.15) is 0 Å². The molecule has 1 amide bonds. The molecule has 252 valence electrons. The summed E-state index contributed by atoms with van der Waals surface area (Å²) < 4.78 is 0. The Labute approximate surface area is 273 Å². The molecule has 4 fully saturated rings. The number of rotatable bonds is 10. The number of nitrogens with one attached hydrogen (secondary N) is 1. The molecule has 0 aromatic heterocycles. The zero-order valence-electron chi connectivity index (χ0n) is 29.4. The van der Waals surface area contributed by atoms with E-state index in [9.17, 15) is 14.7 Å². The number of carbonyl (C=O) groups is 2. The van der Waals surface area contributed by atoms with Gasteiger partial charge in [0.05, 0.1) is 5.92 Å². The molecule has 6 heteroatoms. The van der Waals surface area contributed by atoms with Gasteiger partial charge in [-0.15, -0.1) is 0 Å². The van der Waals surface area contributed by atoms with Crippen molar-refractivity contribution in [2.24, 2.45) is 51.8 Å². The van der Waals surface area contributed by atoms with Crippen LogP contribution in [0, 0.1) is 51.8 Å². The molecule has 4 saturated carbocycles. The van der Waals surface area contributed by atoms with Crippen molar-refractivity contribution in [3.05, 3.63) is 23.3 Å². The molecule has 45 heavy (non-hydrogen) atoms. The Morgan fingerprint density at radius 3 is 2.44 bits per heavy atom. The van der Waals surface area contributed by atoms with Crippen molar-refractivity contribution in [2.75, 3.05) is 40.3 Å². The van der Waals surface area contributed by atoms with E-state index >= 15 is 0 Å². The molecule has 10 atom stereocenters. The maximum absolute atomic E-state index is 11.6. The molecule has 0 spiro atoms. The lowest BCUT2D eigenvalue weighted by molar-refractivity contribution is -0.212. The SMILES string of the molecule is CC1C(C2=CCC(C(=O)O)CC2)=CC[C@@]2(C)C1CC[C@]1(C)C2CCC2C3CCC[C@]3(NCCN(C)CCN(C)C=O)CC[C@]21C. The van der Waals surface area contributed by atoms with Crippen molar-refractivity contribution in [1.29, 1.82) is 0 Å². The summed E-state index contributed by atoms with van der Waals surface area (Å²) in [6, 6.07) is 0. The molecule has 0 aromatic carbocycles. The largest absolute Gasteiger partial charge is 0.481 e. The summed E-state index contributed by atoms with van der Waals surface area (Å²) in [5.41, 5.74) is 4.50. The molecule has 6 aliphatic carbocycles. The normalized spacial score (nSPS) is 44.2. The minimum atomic E-state index is -0.629. The number of hydrogen-bond acceptors (Lipinski definition) is 4. The molecule has 0 aliphatic heterocycles. The smallest absolute Gasteiger partial charge is 0.306 e. The predicted octanol–water partition coefficient (Wildman–Crippen LogP) is 7.16. The van der Waals surface area contributed by atoms with Crippen molar-refractivity contribution >= 4 is 12.4 Å². The van der Waals surface area contributed by atoms with Crippen molar-refractivity contribution in [2.45, 2.75) is 117 Å². The molecule has 0 saturated heterocycles. The maximum atomic E-state index is 11.6. The molecule has 0 bridgehead atoms. The number of amides is 1. The number of likely N-dealkylation sites (N-methyl/N-ethyl adjacent to an activating group) is 2. The zero-order valence-corrected chi connectivity index (χ0v) is 29.4. The molecular weight excluding hydrogens is 558 g/mol. The zero-order chi connectivity index (χ0) is 32.2. The Balaban J connectivity index is 1.16. The van der Waals surface area contributed by atoms with Gasteiger partial charge in [0.15, 0.2) is 0 Å². The highest BCUT2D eigenvalue weighted by atomic mass is 16.4. The Hall–Kier alpha value is -1.66. The average molecular weight is 622 g/mol. The van der Waals surface area contributed by atoms with Crippen LogP contribution in [-0.4, -0.2) is 73.1 Å². The molecule has 2 N–H and O–H groups in total. The summed E-state index contributed by atoms with van der Waals surface area (Å²) in [5, 5.41) is 13.7. The number of carbonyl (C=O) groups excluding carboxylic acids is 1. The lowest BCUT2D eigenvalue weighted by Crippen LogP contribution is -2.67. The van der Waals surface area contributed by atoms with Crippen LogP contribution in [0.25, 0.3) is 0 Å². The van der Waals surface area contributed by atoms with Gasteiger partial charge >= 0.3 is 5.97 Å². The van der Waals surface area contributed by atoms with Crippen molar-refractivity contribution in [3.8, 4) is 0 Å². The van der Waals surface area contributed by atoms with Gasteiger partial charge in [0.2, 0.25) is 6.41 Å². The number of fused-ring (bicyclic) bond motifs is 7. The van der Waals surface area contributed by atoms with Gasteiger partial charge in [-0.2, -0.15) is 0 Å². The lowest BCUT2D eigenvalue weighted by atomic mass is 9.34. The van der Waals surface area contributed by atoms with Gasteiger partial charge < -0.3 is 20.2 Å². The van der Waals surface area contributed by atoms with Gasteiger partial charge in [-0.1, -0.05) is 46.3 Å². The third kappa shape index (κ3) is 5.46. The molecule has 6 rings (SSSR count). The number of carboxylic acid groups (broad SMARTS) is 1. The summed E-state index contributed by atoms with van der Waals surface area (Å²) in [6.45, 7) is 14.5. The number of carboxylic acids is 1. The Morgan fingerprint density at radius 2 is 1.73 bits per heavy atom. The van der Waals surface area contributed by atoms with E-state index in [0.29, 0.717) is 34.1 Å². The summed E-state index contributed by atoms with van der Waals surface area (Å²) in [4.78, 5) is 26.7. The third-order valence-corrected chi connectivity index (χ3v) is 15.7. The summed E-state index contributed by atoms with van der Waals surface area (Å²) in [6.07, 6.45) is 21.8. The maximum Gasteiger partial charge on any atom is 0.306 e. The molecular formula is C39H63N3O3. The first-order valence-corrected chi connectivity index (χ1v) is 18.6. The molecule has 0 heterocycles. The second-order valence-electron chi connectivity index (χ2n) is 17.4. The molecule has 0 radical (unpaired) electrons. The van der Waals surface area contributed by atoms with Gasteiger partial charge in [0.25, 0.3) is 0 Å². The fourth-order valence-corrected chi connectivity index (χ4v) is 12.8. The van der Waals surface area contributed by atoms with E-state index in [1.165, 1.54) is 69.8 Å².